The maximum absolute atomic E-state index is 17.0. The summed E-state index contributed by atoms with van der Waals surface area (Å²) in [5.74, 6) is -6.30. The van der Waals surface area contributed by atoms with Gasteiger partial charge in [-0.3, -0.25) is 19.4 Å². The molecule has 2 amide bonds. The Bertz CT molecular complexity index is 1950. The second kappa shape index (κ2) is 18.7. The molecular formula is C45H65FN4O11. The number of carbonyl (C=O) groups excluding carboxylic acids is 5. The summed E-state index contributed by atoms with van der Waals surface area (Å²) in [5, 5.41) is 12.3. The SMILES string of the molecule is CC[C@H]1OC(=O)[C@@](C)(F)C(=O)[C@H](C)[C@@H](O[C@@H]2O[C@H](C)C[C@H](N(C)C)[C@H]2O)[C@@](C)(OC)C[C@@H](C)C(=O)[C@H](C)[C@H]2N(CCCN(C(C)=O)c3cnc4ccccc4c3)C(=O)O[C@]12C. The van der Waals surface area contributed by atoms with Gasteiger partial charge in [0.05, 0.1) is 41.3 Å². The summed E-state index contributed by atoms with van der Waals surface area (Å²) in [5.41, 5.74) is -5.03. The number of anilines is 1. The van der Waals surface area contributed by atoms with Crippen molar-refractivity contribution in [2.24, 2.45) is 17.8 Å². The van der Waals surface area contributed by atoms with E-state index < -0.39 is 83.1 Å². The number of esters is 1. The molecule has 0 spiro atoms. The number of rotatable bonds is 10. The number of cyclic esters (lactones) is 1. The van der Waals surface area contributed by atoms with Gasteiger partial charge in [-0.1, -0.05) is 45.9 Å². The summed E-state index contributed by atoms with van der Waals surface area (Å²) in [6.45, 7) is 14.0. The average molecular weight is 857 g/mol. The van der Waals surface area contributed by atoms with Crippen LogP contribution in [0.2, 0.25) is 0 Å². The number of alkyl halides is 1. The quantitative estimate of drug-likeness (QED) is 0.242. The summed E-state index contributed by atoms with van der Waals surface area (Å²) in [6.07, 6.45) is -3.84. The molecule has 1 N–H and O–H groups in total. The molecule has 0 saturated carbocycles. The molecule has 3 fully saturated rings. The Morgan fingerprint density at radius 3 is 2.36 bits per heavy atom. The van der Waals surface area contributed by atoms with Gasteiger partial charge < -0.3 is 43.5 Å². The largest absolute Gasteiger partial charge is 0.455 e. The monoisotopic (exact) mass is 856 g/mol. The Kier molecular flexibility index (Phi) is 14.7. The molecule has 3 aliphatic rings. The fraction of sp³-hybridized carbons (Fsp3) is 0.689. The van der Waals surface area contributed by atoms with E-state index in [1.165, 1.54) is 25.9 Å². The van der Waals surface area contributed by atoms with Gasteiger partial charge in [0.25, 0.3) is 5.67 Å². The summed E-state index contributed by atoms with van der Waals surface area (Å²) >= 11 is 0. The van der Waals surface area contributed by atoms with Crippen molar-refractivity contribution in [1.82, 2.24) is 14.8 Å². The molecule has 16 heteroatoms. The zero-order valence-electron chi connectivity index (χ0n) is 37.7. The molecule has 0 unspecified atom stereocenters. The van der Waals surface area contributed by atoms with Crippen molar-refractivity contribution < 1.29 is 57.2 Å². The minimum Gasteiger partial charge on any atom is -0.455 e. The summed E-state index contributed by atoms with van der Waals surface area (Å²) < 4.78 is 47.5. The van der Waals surface area contributed by atoms with Crippen molar-refractivity contribution in [3.63, 3.8) is 0 Å². The third-order valence-electron chi connectivity index (χ3n) is 13.2. The number of para-hydroxylation sites is 1. The molecule has 338 valence electrons. The molecule has 0 radical (unpaired) electrons. The number of pyridine rings is 1. The Balaban J connectivity index is 1.51. The molecular weight excluding hydrogens is 792 g/mol. The van der Waals surface area contributed by atoms with Gasteiger partial charge in [-0.05, 0) is 79.6 Å². The van der Waals surface area contributed by atoms with Crippen LogP contribution >= 0.6 is 0 Å². The van der Waals surface area contributed by atoms with Crippen LogP contribution in [0.5, 0.6) is 0 Å². The van der Waals surface area contributed by atoms with Gasteiger partial charge in [-0.25, -0.2) is 14.0 Å². The van der Waals surface area contributed by atoms with Gasteiger partial charge in [0.1, 0.15) is 18.0 Å². The number of carbonyl (C=O) groups is 5. The van der Waals surface area contributed by atoms with Gasteiger partial charge in [-0.2, -0.15) is 0 Å². The van der Waals surface area contributed by atoms with Crippen LogP contribution in [0, 0.1) is 17.8 Å². The van der Waals surface area contributed by atoms with Gasteiger partial charge in [-0.15, -0.1) is 0 Å². The third-order valence-corrected chi connectivity index (χ3v) is 13.2. The summed E-state index contributed by atoms with van der Waals surface area (Å²) in [4.78, 5) is 79.3. The second-order valence-corrected chi connectivity index (χ2v) is 18.0. The number of hydrogen-bond acceptors (Lipinski definition) is 13. The van der Waals surface area contributed by atoms with Crippen LogP contribution in [0.4, 0.5) is 14.9 Å². The number of ketones is 2. The highest BCUT2D eigenvalue weighted by Crippen LogP contribution is 2.44. The number of nitrogens with zero attached hydrogens (tertiary/aromatic N) is 4. The number of aliphatic hydroxyl groups excluding tert-OH is 1. The standard InChI is InChI=1S/C45H65FN4O11/c1-13-34-45(9)37(50(42(56)61-45)20-16-19-49(29(6)51)31-22-30-17-14-15-18-32(30)47-24-31)27(4)35(52)25(2)23-43(7,57-12)39(28(5)38(54)44(8,46)41(55)59-34)60-40-36(53)33(48(10)11)21-26(3)58-40/h14-15,17-18,22,24-28,33-34,36-37,39-40,53H,13,16,19-21,23H2,1-12H3/t25-,26-,27+,28+,33+,34-,36-,37-,39-,40+,43+,44+,45-/m1/s1. The van der Waals surface area contributed by atoms with E-state index in [2.05, 4.69) is 4.98 Å². The normalized spacial score (nSPS) is 36.7. The van der Waals surface area contributed by atoms with Crippen LogP contribution in [0.1, 0.15) is 88.0 Å². The van der Waals surface area contributed by atoms with E-state index in [9.17, 15) is 29.1 Å². The third kappa shape index (κ3) is 9.48. The summed E-state index contributed by atoms with van der Waals surface area (Å²) in [6, 6.07) is 7.98. The van der Waals surface area contributed by atoms with Gasteiger partial charge in [0.2, 0.25) is 5.91 Å². The lowest BCUT2D eigenvalue weighted by molar-refractivity contribution is -0.295. The van der Waals surface area contributed by atoms with E-state index in [-0.39, 0.29) is 56.2 Å². The van der Waals surface area contributed by atoms with Crippen LogP contribution in [0.15, 0.2) is 36.5 Å². The summed E-state index contributed by atoms with van der Waals surface area (Å²) in [7, 11) is 5.01. The van der Waals surface area contributed by atoms with E-state index in [0.717, 1.165) is 17.8 Å². The number of likely N-dealkylation sites (N-methyl/N-ethyl adjacent to an activating group) is 1. The van der Waals surface area contributed by atoms with Crippen LogP contribution < -0.4 is 4.90 Å². The van der Waals surface area contributed by atoms with Crippen molar-refractivity contribution in [2.45, 2.75) is 148 Å². The number of amides is 2. The fourth-order valence-electron chi connectivity index (χ4n) is 9.79. The highest BCUT2D eigenvalue weighted by atomic mass is 19.1. The van der Waals surface area contributed by atoms with E-state index in [0.29, 0.717) is 12.1 Å². The van der Waals surface area contributed by atoms with Gasteiger partial charge in [0.15, 0.2) is 17.7 Å². The number of methoxy groups -OCH3 is 1. The Labute approximate surface area is 358 Å². The highest BCUT2D eigenvalue weighted by molar-refractivity contribution is 6.08. The first-order chi connectivity index (χ1) is 28.5. The van der Waals surface area contributed by atoms with Crippen LogP contribution in [0.25, 0.3) is 10.9 Å². The minimum absolute atomic E-state index is 0.0405. The van der Waals surface area contributed by atoms with Crippen molar-refractivity contribution in [1.29, 1.82) is 0 Å². The first kappa shape index (κ1) is 48.0. The predicted octanol–water partition coefficient (Wildman–Crippen LogP) is 5.27. The molecule has 4 heterocycles. The molecule has 61 heavy (non-hydrogen) atoms. The van der Waals surface area contributed by atoms with Crippen molar-refractivity contribution in [3.05, 3.63) is 36.5 Å². The maximum atomic E-state index is 17.0. The maximum Gasteiger partial charge on any atom is 0.410 e. The average Bonchev–Trinajstić information content (AvgIpc) is 3.47. The number of halogens is 1. The predicted molar refractivity (Wildman–Crippen MR) is 224 cm³/mol. The van der Waals surface area contributed by atoms with Crippen LogP contribution in [-0.4, -0.2) is 143 Å². The minimum atomic E-state index is -3.21. The molecule has 0 aliphatic carbocycles. The van der Waals surface area contributed by atoms with Crippen molar-refractivity contribution in [2.75, 3.05) is 39.2 Å². The van der Waals surface area contributed by atoms with Gasteiger partial charge >= 0.3 is 12.1 Å². The number of aromatic nitrogens is 1. The van der Waals surface area contributed by atoms with Gasteiger partial charge in [0, 0.05) is 56.3 Å². The number of Topliss-reactive ketones (excluding diaryl/α,β-unsaturated/α-hetero) is 2. The van der Waals surface area contributed by atoms with E-state index in [1.807, 2.05) is 56.3 Å². The number of fused-ring (bicyclic) bond motifs is 2. The lowest BCUT2D eigenvalue weighted by Gasteiger charge is -2.47. The molecule has 1 aromatic heterocycles. The lowest BCUT2D eigenvalue weighted by Crippen LogP contribution is -2.61. The van der Waals surface area contributed by atoms with Crippen molar-refractivity contribution >= 4 is 46.1 Å². The lowest BCUT2D eigenvalue weighted by atomic mass is 9.73. The smallest absolute Gasteiger partial charge is 0.410 e. The highest BCUT2D eigenvalue weighted by Gasteiger charge is 2.61. The van der Waals surface area contributed by atoms with E-state index in [4.69, 9.17) is 23.7 Å². The molecule has 15 nitrogen and oxygen atoms in total. The zero-order valence-corrected chi connectivity index (χ0v) is 37.7. The fourth-order valence-corrected chi connectivity index (χ4v) is 9.79. The number of ether oxygens (including phenoxy) is 5. The Hall–Kier alpha value is -4.09. The number of hydrogen-bond donors (Lipinski definition) is 1. The molecule has 13 atom stereocenters. The first-order valence-corrected chi connectivity index (χ1v) is 21.3. The van der Waals surface area contributed by atoms with Crippen LogP contribution in [0.3, 0.4) is 0 Å². The molecule has 3 aliphatic heterocycles. The van der Waals surface area contributed by atoms with Crippen molar-refractivity contribution in [3.8, 4) is 0 Å². The Morgan fingerprint density at radius 2 is 1.74 bits per heavy atom. The molecule has 0 bridgehead atoms. The zero-order chi connectivity index (χ0) is 45.4. The topological polar surface area (TPSA) is 174 Å². The van der Waals surface area contributed by atoms with Crippen LogP contribution in [-0.2, 0) is 42.9 Å². The number of aliphatic hydroxyl groups is 1. The molecule has 1 aromatic carbocycles. The number of benzene rings is 1. The first-order valence-electron chi connectivity index (χ1n) is 21.3. The molecule has 2 aromatic rings. The van der Waals surface area contributed by atoms with E-state index in [1.54, 1.807) is 45.7 Å². The van der Waals surface area contributed by atoms with E-state index >= 15 is 4.39 Å². The second-order valence-electron chi connectivity index (χ2n) is 18.0. The molecule has 5 rings (SSSR count). The Morgan fingerprint density at radius 1 is 1.07 bits per heavy atom. The molecule has 3 saturated heterocycles.